The minimum absolute atomic E-state index is 0.286. The van der Waals surface area contributed by atoms with Crippen LogP contribution in [0.1, 0.15) is 0 Å². The van der Waals surface area contributed by atoms with Crippen molar-refractivity contribution in [2.24, 2.45) is 0 Å². The fourth-order valence-corrected chi connectivity index (χ4v) is 3.39. The van der Waals surface area contributed by atoms with E-state index in [0.717, 1.165) is 37.1 Å². The van der Waals surface area contributed by atoms with Gasteiger partial charge in [0.15, 0.2) is 5.13 Å². The van der Waals surface area contributed by atoms with Gasteiger partial charge >= 0.3 is 0 Å². The van der Waals surface area contributed by atoms with Crippen molar-refractivity contribution in [2.75, 3.05) is 44.2 Å². The number of aliphatic hydroxyl groups excluding tert-OH is 1. The molecule has 1 aliphatic heterocycles. The van der Waals surface area contributed by atoms with E-state index in [1.165, 1.54) is 0 Å². The van der Waals surface area contributed by atoms with E-state index < -0.39 is 6.10 Å². The van der Waals surface area contributed by atoms with E-state index in [4.69, 9.17) is 16.3 Å². The average Bonchev–Trinajstić information content (AvgIpc) is 3.09. The zero-order valence-electron chi connectivity index (χ0n) is 12.8. The van der Waals surface area contributed by atoms with Gasteiger partial charge in [-0.3, -0.25) is 4.90 Å². The third kappa shape index (κ3) is 4.81. The maximum atomic E-state index is 10.2. The lowest BCUT2D eigenvalue weighted by Crippen LogP contribution is -2.49. The molecule has 1 unspecified atom stereocenters. The molecule has 1 aromatic heterocycles. The minimum Gasteiger partial charge on any atom is -0.491 e. The SMILES string of the molecule is OC(COc1ccc(Cl)cc1)CN1CCN(c2nccs2)CC1. The first-order valence-electron chi connectivity index (χ1n) is 7.64. The third-order valence-corrected chi connectivity index (χ3v) is 4.87. The number of β-amino-alcohol motifs (C(OH)–C–C–N with tert-alkyl or cyclic N) is 1. The van der Waals surface area contributed by atoms with Crippen molar-refractivity contribution in [2.45, 2.75) is 6.10 Å². The molecule has 3 rings (SSSR count). The van der Waals surface area contributed by atoms with E-state index in [2.05, 4.69) is 14.8 Å². The number of halogens is 1. The van der Waals surface area contributed by atoms with Crippen molar-refractivity contribution in [3.63, 3.8) is 0 Å². The van der Waals surface area contributed by atoms with Crippen LogP contribution in [0.2, 0.25) is 5.02 Å². The van der Waals surface area contributed by atoms with Crippen LogP contribution in [-0.4, -0.2) is 60.4 Å². The normalized spacial score (nSPS) is 17.2. The first-order valence-corrected chi connectivity index (χ1v) is 8.90. The summed E-state index contributed by atoms with van der Waals surface area (Å²) < 4.78 is 5.59. The average molecular weight is 354 g/mol. The molecule has 0 spiro atoms. The molecule has 2 aromatic rings. The van der Waals surface area contributed by atoms with Gasteiger partial charge < -0.3 is 14.7 Å². The van der Waals surface area contributed by atoms with Crippen molar-refractivity contribution < 1.29 is 9.84 Å². The smallest absolute Gasteiger partial charge is 0.185 e. The van der Waals surface area contributed by atoms with Crippen LogP contribution in [0.25, 0.3) is 0 Å². The summed E-state index contributed by atoms with van der Waals surface area (Å²) in [6, 6.07) is 7.17. The highest BCUT2D eigenvalue weighted by atomic mass is 35.5. The summed E-state index contributed by atoms with van der Waals surface area (Å²) in [5.41, 5.74) is 0. The molecule has 0 radical (unpaired) electrons. The molecule has 0 bridgehead atoms. The molecular weight excluding hydrogens is 334 g/mol. The summed E-state index contributed by atoms with van der Waals surface area (Å²) in [5.74, 6) is 0.724. The van der Waals surface area contributed by atoms with Gasteiger partial charge in [-0.25, -0.2) is 4.98 Å². The van der Waals surface area contributed by atoms with E-state index in [1.54, 1.807) is 23.5 Å². The van der Waals surface area contributed by atoms with Crippen LogP contribution in [-0.2, 0) is 0 Å². The largest absolute Gasteiger partial charge is 0.491 e. The molecule has 2 heterocycles. The monoisotopic (exact) mass is 353 g/mol. The van der Waals surface area contributed by atoms with Gasteiger partial charge in [-0.05, 0) is 24.3 Å². The number of rotatable bonds is 6. The second-order valence-corrected chi connectivity index (χ2v) is 6.83. The molecule has 1 aliphatic rings. The summed E-state index contributed by atoms with van der Waals surface area (Å²) in [4.78, 5) is 8.90. The second kappa shape index (κ2) is 7.97. The second-order valence-electron chi connectivity index (χ2n) is 5.52. The van der Waals surface area contributed by atoms with Gasteiger partial charge in [0.05, 0.1) is 0 Å². The molecule has 7 heteroatoms. The Balaban J connectivity index is 1.39. The molecular formula is C16H20ClN3O2S. The number of hydrogen-bond donors (Lipinski definition) is 1. The number of nitrogens with zero attached hydrogens (tertiary/aromatic N) is 3. The van der Waals surface area contributed by atoms with Gasteiger partial charge in [-0.2, -0.15) is 0 Å². The third-order valence-electron chi connectivity index (χ3n) is 3.79. The molecule has 1 atom stereocenters. The quantitative estimate of drug-likeness (QED) is 0.864. The Kier molecular flexibility index (Phi) is 5.72. The van der Waals surface area contributed by atoms with Gasteiger partial charge in [-0.1, -0.05) is 11.6 Å². The summed E-state index contributed by atoms with van der Waals surface area (Å²) in [6.07, 6.45) is 1.33. The van der Waals surface area contributed by atoms with Crippen LogP contribution in [0.4, 0.5) is 5.13 Å². The van der Waals surface area contributed by atoms with Crippen molar-refractivity contribution in [1.82, 2.24) is 9.88 Å². The molecule has 1 saturated heterocycles. The molecule has 23 heavy (non-hydrogen) atoms. The summed E-state index contributed by atoms with van der Waals surface area (Å²) in [6.45, 7) is 4.65. The highest BCUT2D eigenvalue weighted by molar-refractivity contribution is 7.13. The molecule has 5 nitrogen and oxygen atoms in total. The molecule has 0 saturated carbocycles. The predicted octanol–water partition coefficient (Wildman–Crippen LogP) is 2.36. The Labute approximate surface area is 145 Å². The molecule has 124 valence electrons. The fraction of sp³-hybridized carbons (Fsp3) is 0.438. The molecule has 1 fully saturated rings. The Bertz CT molecular complexity index is 586. The zero-order valence-corrected chi connectivity index (χ0v) is 14.3. The lowest BCUT2D eigenvalue weighted by atomic mass is 10.2. The van der Waals surface area contributed by atoms with Crippen LogP contribution in [0.3, 0.4) is 0 Å². The van der Waals surface area contributed by atoms with Gasteiger partial charge in [0.25, 0.3) is 0 Å². The van der Waals surface area contributed by atoms with E-state index in [-0.39, 0.29) is 6.61 Å². The number of aliphatic hydroxyl groups is 1. The number of piperazine rings is 1. The number of anilines is 1. The van der Waals surface area contributed by atoms with E-state index in [0.29, 0.717) is 11.6 Å². The Morgan fingerprint density at radius 1 is 1.22 bits per heavy atom. The standard InChI is InChI=1S/C16H20ClN3O2S/c17-13-1-3-15(4-2-13)22-12-14(21)11-19-6-8-20(9-7-19)16-18-5-10-23-16/h1-5,10,14,21H,6-9,11-12H2. The van der Waals surface area contributed by atoms with Gasteiger partial charge in [0.1, 0.15) is 18.5 Å². The maximum absolute atomic E-state index is 10.2. The van der Waals surface area contributed by atoms with Crippen LogP contribution in [0, 0.1) is 0 Å². The number of thiazole rings is 1. The Morgan fingerprint density at radius 2 is 1.96 bits per heavy atom. The first-order chi connectivity index (χ1) is 11.2. The molecule has 0 amide bonds. The molecule has 0 aliphatic carbocycles. The van der Waals surface area contributed by atoms with Crippen molar-refractivity contribution >= 4 is 28.1 Å². The van der Waals surface area contributed by atoms with E-state index in [9.17, 15) is 5.11 Å². The highest BCUT2D eigenvalue weighted by Crippen LogP contribution is 2.19. The van der Waals surface area contributed by atoms with Gasteiger partial charge in [-0.15, -0.1) is 11.3 Å². The van der Waals surface area contributed by atoms with Crippen LogP contribution < -0.4 is 9.64 Å². The Morgan fingerprint density at radius 3 is 2.61 bits per heavy atom. The maximum Gasteiger partial charge on any atom is 0.185 e. The Hall–Kier alpha value is -1.34. The summed E-state index contributed by atoms with van der Waals surface area (Å²) >= 11 is 7.50. The van der Waals surface area contributed by atoms with Gasteiger partial charge in [0, 0.05) is 49.3 Å². The summed E-state index contributed by atoms with van der Waals surface area (Å²) in [5, 5.41) is 13.9. The summed E-state index contributed by atoms with van der Waals surface area (Å²) in [7, 11) is 0. The van der Waals surface area contributed by atoms with Gasteiger partial charge in [0.2, 0.25) is 0 Å². The molecule has 1 aromatic carbocycles. The topological polar surface area (TPSA) is 48.8 Å². The fourth-order valence-electron chi connectivity index (χ4n) is 2.57. The first kappa shape index (κ1) is 16.5. The lowest BCUT2D eigenvalue weighted by Gasteiger charge is -2.35. The predicted molar refractivity (Wildman–Crippen MR) is 93.7 cm³/mol. The van der Waals surface area contributed by atoms with Crippen LogP contribution >= 0.6 is 22.9 Å². The van der Waals surface area contributed by atoms with E-state index >= 15 is 0 Å². The number of benzene rings is 1. The number of aromatic nitrogens is 1. The zero-order chi connectivity index (χ0) is 16.1. The van der Waals surface area contributed by atoms with Crippen molar-refractivity contribution in [3.8, 4) is 5.75 Å². The van der Waals surface area contributed by atoms with E-state index in [1.807, 2.05) is 23.7 Å². The molecule has 1 N–H and O–H groups in total. The van der Waals surface area contributed by atoms with Crippen LogP contribution in [0.5, 0.6) is 5.75 Å². The minimum atomic E-state index is -0.503. The highest BCUT2D eigenvalue weighted by Gasteiger charge is 2.20. The van der Waals surface area contributed by atoms with Crippen molar-refractivity contribution in [3.05, 3.63) is 40.9 Å². The number of ether oxygens (including phenoxy) is 1. The number of hydrogen-bond acceptors (Lipinski definition) is 6. The lowest BCUT2D eigenvalue weighted by molar-refractivity contribution is 0.0663. The van der Waals surface area contributed by atoms with Crippen molar-refractivity contribution in [1.29, 1.82) is 0 Å². The van der Waals surface area contributed by atoms with Crippen LogP contribution in [0.15, 0.2) is 35.8 Å².